The maximum Gasteiger partial charge on any atom is 0.0607 e. The van der Waals surface area contributed by atoms with Gasteiger partial charge in [0.25, 0.3) is 0 Å². The molecule has 1 aliphatic rings. The van der Waals surface area contributed by atoms with E-state index in [0.717, 1.165) is 25.1 Å². The lowest BCUT2D eigenvalue weighted by atomic mass is 9.73. The van der Waals surface area contributed by atoms with Crippen LogP contribution in [0, 0.1) is 0 Å². The summed E-state index contributed by atoms with van der Waals surface area (Å²) in [5, 5.41) is 0. The second kappa shape index (κ2) is 5.12. The van der Waals surface area contributed by atoms with E-state index in [9.17, 15) is 0 Å². The van der Waals surface area contributed by atoms with E-state index in [-0.39, 0.29) is 5.54 Å². The van der Waals surface area contributed by atoms with Gasteiger partial charge < -0.3 is 10.5 Å². The minimum atomic E-state index is 0.0954. The smallest absolute Gasteiger partial charge is 0.0607 e. The van der Waals surface area contributed by atoms with Gasteiger partial charge in [-0.1, -0.05) is 6.07 Å². The lowest BCUT2D eigenvalue weighted by Crippen LogP contribution is -2.62. The molecule has 1 fully saturated rings. The van der Waals surface area contributed by atoms with E-state index in [1.807, 2.05) is 24.4 Å². The molecule has 2 N–H and O–H groups in total. The maximum atomic E-state index is 5.92. The number of ether oxygens (including phenoxy) is 1. The molecule has 0 bridgehead atoms. The van der Waals surface area contributed by atoms with Gasteiger partial charge in [0.1, 0.15) is 0 Å². The summed E-state index contributed by atoms with van der Waals surface area (Å²) in [5.74, 6) is 0. The zero-order valence-electron chi connectivity index (χ0n) is 10.6. The first-order valence-electron chi connectivity index (χ1n) is 6.04. The molecular formula is C13H21N3O. The molecule has 0 unspecified atom stereocenters. The Morgan fingerprint density at radius 3 is 2.82 bits per heavy atom. The molecule has 0 aromatic carbocycles. The summed E-state index contributed by atoms with van der Waals surface area (Å²) in [5.41, 5.74) is 7.10. The highest BCUT2D eigenvalue weighted by Gasteiger charge is 2.46. The monoisotopic (exact) mass is 235 g/mol. The predicted octanol–water partition coefficient (Wildman–Crippen LogP) is 1.02. The van der Waals surface area contributed by atoms with Crippen LogP contribution in [-0.2, 0) is 11.3 Å². The van der Waals surface area contributed by atoms with Crippen LogP contribution in [-0.4, -0.2) is 42.2 Å². The van der Waals surface area contributed by atoms with Crippen molar-refractivity contribution in [1.29, 1.82) is 0 Å². The van der Waals surface area contributed by atoms with Crippen molar-refractivity contribution in [2.45, 2.75) is 31.0 Å². The van der Waals surface area contributed by atoms with Crippen LogP contribution in [0.1, 0.15) is 18.5 Å². The van der Waals surface area contributed by atoms with Crippen molar-refractivity contribution >= 4 is 0 Å². The molecule has 1 aromatic rings. The van der Waals surface area contributed by atoms with Crippen molar-refractivity contribution < 1.29 is 4.74 Å². The van der Waals surface area contributed by atoms with E-state index in [2.05, 4.69) is 16.9 Å². The number of aromatic nitrogens is 1. The van der Waals surface area contributed by atoms with Gasteiger partial charge in [-0.3, -0.25) is 9.88 Å². The lowest BCUT2D eigenvalue weighted by Gasteiger charge is -2.52. The average Bonchev–Trinajstić information content (AvgIpc) is 2.30. The van der Waals surface area contributed by atoms with Crippen LogP contribution in [0.2, 0.25) is 0 Å². The molecule has 4 nitrogen and oxygen atoms in total. The highest BCUT2D eigenvalue weighted by atomic mass is 16.5. The topological polar surface area (TPSA) is 51.4 Å². The van der Waals surface area contributed by atoms with Crippen LogP contribution >= 0.6 is 0 Å². The van der Waals surface area contributed by atoms with Crippen LogP contribution < -0.4 is 5.73 Å². The molecule has 1 aliphatic carbocycles. The second-order valence-corrected chi connectivity index (χ2v) is 4.87. The molecule has 1 saturated carbocycles. The quantitative estimate of drug-likeness (QED) is 0.828. The standard InChI is InChI=1S/C13H21N3O/c1-16(9-11-5-3-4-6-15-11)13(10-14)7-12(8-13)17-2/h3-6,12H,7-10,14H2,1-2H3. The summed E-state index contributed by atoms with van der Waals surface area (Å²) in [6.45, 7) is 1.52. The van der Waals surface area contributed by atoms with Crippen LogP contribution in [0.5, 0.6) is 0 Å². The summed E-state index contributed by atoms with van der Waals surface area (Å²) in [4.78, 5) is 6.66. The number of nitrogens with zero attached hydrogens (tertiary/aromatic N) is 2. The molecule has 0 saturated heterocycles. The molecule has 0 spiro atoms. The highest BCUT2D eigenvalue weighted by molar-refractivity contribution is 5.08. The minimum absolute atomic E-state index is 0.0954. The zero-order valence-corrected chi connectivity index (χ0v) is 10.6. The Morgan fingerprint density at radius 2 is 2.29 bits per heavy atom. The van der Waals surface area contributed by atoms with E-state index < -0.39 is 0 Å². The van der Waals surface area contributed by atoms with Gasteiger partial charge >= 0.3 is 0 Å². The largest absolute Gasteiger partial charge is 0.381 e. The van der Waals surface area contributed by atoms with Crippen LogP contribution in [0.3, 0.4) is 0 Å². The van der Waals surface area contributed by atoms with Gasteiger partial charge in [0.15, 0.2) is 0 Å². The zero-order chi connectivity index (χ0) is 12.3. The van der Waals surface area contributed by atoms with Gasteiger partial charge in [-0.25, -0.2) is 0 Å². The van der Waals surface area contributed by atoms with Gasteiger partial charge in [-0.05, 0) is 32.0 Å². The normalized spacial score (nSPS) is 28.1. The number of pyridine rings is 1. The Kier molecular flexibility index (Phi) is 3.76. The van der Waals surface area contributed by atoms with Crippen molar-refractivity contribution in [1.82, 2.24) is 9.88 Å². The van der Waals surface area contributed by atoms with Crippen molar-refractivity contribution in [2.75, 3.05) is 20.7 Å². The number of nitrogens with two attached hydrogens (primary N) is 1. The van der Waals surface area contributed by atoms with Crippen molar-refractivity contribution in [2.24, 2.45) is 5.73 Å². The Bertz CT molecular complexity index is 349. The fourth-order valence-electron chi connectivity index (χ4n) is 2.49. The second-order valence-electron chi connectivity index (χ2n) is 4.87. The molecule has 17 heavy (non-hydrogen) atoms. The van der Waals surface area contributed by atoms with Crippen LogP contribution in [0.4, 0.5) is 0 Å². The van der Waals surface area contributed by atoms with E-state index in [4.69, 9.17) is 10.5 Å². The first kappa shape index (κ1) is 12.5. The first-order chi connectivity index (χ1) is 8.20. The maximum absolute atomic E-state index is 5.92. The molecule has 94 valence electrons. The van der Waals surface area contributed by atoms with Crippen molar-refractivity contribution in [3.63, 3.8) is 0 Å². The third kappa shape index (κ3) is 2.49. The van der Waals surface area contributed by atoms with Crippen LogP contribution in [0.25, 0.3) is 0 Å². The molecule has 1 heterocycles. The fourth-order valence-corrected chi connectivity index (χ4v) is 2.49. The number of likely N-dealkylation sites (N-methyl/N-ethyl adjacent to an activating group) is 1. The molecule has 0 amide bonds. The Balaban J connectivity index is 1.97. The average molecular weight is 235 g/mol. The highest BCUT2D eigenvalue weighted by Crippen LogP contribution is 2.38. The van der Waals surface area contributed by atoms with Crippen LogP contribution in [0.15, 0.2) is 24.4 Å². The van der Waals surface area contributed by atoms with E-state index >= 15 is 0 Å². The third-order valence-corrected chi connectivity index (χ3v) is 3.86. The summed E-state index contributed by atoms with van der Waals surface area (Å²) in [6.07, 6.45) is 4.23. The molecule has 0 aliphatic heterocycles. The SMILES string of the molecule is COC1CC(CN)(N(C)Cc2ccccn2)C1. The molecule has 0 atom stereocenters. The van der Waals surface area contributed by atoms with E-state index in [0.29, 0.717) is 12.6 Å². The molecule has 2 rings (SSSR count). The molecule has 4 heteroatoms. The number of hydrogen-bond acceptors (Lipinski definition) is 4. The van der Waals surface area contributed by atoms with E-state index in [1.165, 1.54) is 0 Å². The molecular weight excluding hydrogens is 214 g/mol. The van der Waals surface area contributed by atoms with Gasteiger partial charge in [0.05, 0.1) is 11.8 Å². The lowest BCUT2D eigenvalue weighted by molar-refractivity contribution is -0.0814. The Hall–Kier alpha value is -0.970. The Labute approximate surface area is 103 Å². The first-order valence-corrected chi connectivity index (χ1v) is 6.04. The number of methoxy groups -OCH3 is 1. The van der Waals surface area contributed by atoms with Gasteiger partial charge in [-0.2, -0.15) is 0 Å². The Morgan fingerprint density at radius 1 is 1.53 bits per heavy atom. The summed E-state index contributed by atoms with van der Waals surface area (Å²) >= 11 is 0. The molecule has 1 aromatic heterocycles. The number of rotatable bonds is 5. The summed E-state index contributed by atoms with van der Waals surface area (Å²) < 4.78 is 5.35. The van der Waals surface area contributed by atoms with Gasteiger partial charge in [0, 0.05) is 31.9 Å². The molecule has 0 radical (unpaired) electrons. The third-order valence-electron chi connectivity index (χ3n) is 3.86. The van der Waals surface area contributed by atoms with Crippen molar-refractivity contribution in [3.8, 4) is 0 Å². The summed E-state index contributed by atoms with van der Waals surface area (Å²) in [7, 11) is 3.89. The van der Waals surface area contributed by atoms with Gasteiger partial charge in [0.2, 0.25) is 0 Å². The summed E-state index contributed by atoms with van der Waals surface area (Å²) in [6, 6.07) is 6.00. The van der Waals surface area contributed by atoms with E-state index in [1.54, 1.807) is 7.11 Å². The van der Waals surface area contributed by atoms with Crippen molar-refractivity contribution in [3.05, 3.63) is 30.1 Å². The minimum Gasteiger partial charge on any atom is -0.381 e. The van der Waals surface area contributed by atoms with Gasteiger partial charge in [-0.15, -0.1) is 0 Å². The number of hydrogen-bond donors (Lipinski definition) is 1. The fraction of sp³-hybridized carbons (Fsp3) is 0.615. The predicted molar refractivity (Wildman–Crippen MR) is 67.5 cm³/mol.